The molecule has 2 saturated carbocycles. The van der Waals surface area contributed by atoms with Crippen LogP contribution in [0.5, 0.6) is 0 Å². The Hall–Kier alpha value is 0. The van der Waals surface area contributed by atoms with Crippen LogP contribution in [-0.4, -0.2) is 0 Å². The molecule has 0 aromatic carbocycles. The summed E-state index contributed by atoms with van der Waals surface area (Å²) in [5.74, 6) is 4.47. The van der Waals surface area contributed by atoms with Crippen molar-refractivity contribution >= 4 is 0 Å². The first-order valence-electron chi connectivity index (χ1n) is 3.80. The first kappa shape index (κ1) is 4.84. The molecule has 0 spiro atoms. The molecule has 0 nitrogen and oxygen atoms in total. The first-order valence-corrected chi connectivity index (χ1v) is 3.80. The van der Waals surface area contributed by atoms with Crippen molar-refractivity contribution in [2.75, 3.05) is 0 Å². The molecule has 0 aromatic heterocycles. The smallest absolute Gasteiger partial charge is 0.0329 e. The van der Waals surface area contributed by atoms with E-state index in [9.17, 15) is 0 Å². The molecule has 8 heavy (non-hydrogen) atoms. The summed E-state index contributed by atoms with van der Waals surface area (Å²) in [7, 11) is 0. The highest BCUT2D eigenvalue weighted by molar-refractivity contribution is 5.01. The van der Waals surface area contributed by atoms with Gasteiger partial charge in [-0.05, 0) is 30.1 Å². The standard InChI is InChI=1S/C8H14/c1-5-3-4-7-6(2)8(5)7/h5-8H,3-4H2,1-2H3. The highest BCUT2D eigenvalue weighted by Crippen LogP contribution is 2.59. The highest BCUT2D eigenvalue weighted by Gasteiger charge is 2.52. The van der Waals surface area contributed by atoms with Gasteiger partial charge in [-0.1, -0.05) is 20.3 Å². The summed E-state index contributed by atoms with van der Waals surface area (Å²) < 4.78 is 0. The summed E-state index contributed by atoms with van der Waals surface area (Å²) in [6.07, 6.45) is 3.05. The molecule has 2 fully saturated rings. The van der Waals surface area contributed by atoms with Gasteiger partial charge in [0, 0.05) is 0 Å². The van der Waals surface area contributed by atoms with Gasteiger partial charge in [-0.25, -0.2) is 0 Å². The molecule has 0 N–H and O–H groups in total. The molecule has 4 unspecified atom stereocenters. The van der Waals surface area contributed by atoms with Crippen molar-refractivity contribution in [3.63, 3.8) is 0 Å². The van der Waals surface area contributed by atoms with Crippen molar-refractivity contribution < 1.29 is 0 Å². The van der Waals surface area contributed by atoms with E-state index in [2.05, 4.69) is 13.8 Å². The Bertz CT molecular complexity index is 105. The summed E-state index contributed by atoms with van der Waals surface area (Å²) in [6.45, 7) is 4.82. The summed E-state index contributed by atoms with van der Waals surface area (Å²) in [5.41, 5.74) is 0. The highest BCUT2D eigenvalue weighted by atomic mass is 14.6. The molecule has 0 bridgehead atoms. The lowest BCUT2D eigenvalue weighted by Gasteiger charge is -2.02. The summed E-state index contributed by atoms with van der Waals surface area (Å²) in [5, 5.41) is 0. The van der Waals surface area contributed by atoms with E-state index in [4.69, 9.17) is 0 Å². The lowest BCUT2D eigenvalue weighted by Crippen LogP contribution is -1.93. The van der Waals surface area contributed by atoms with Crippen molar-refractivity contribution in [2.24, 2.45) is 23.7 Å². The molecule has 0 amide bonds. The number of rotatable bonds is 0. The molecule has 0 heteroatoms. The zero-order valence-electron chi connectivity index (χ0n) is 5.72. The molecule has 2 aliphatic carbocycles. The Balaban J connectivity index is 2.07. The lowest BCUT2D eigenvalue weighted by atomic mass is 10.0. The molecule has 4 atom stereocenters. The van der Waals surface area contributed by atoms with Crippen LogP contribution in [0.1, 0.15) is 26.7 Å². The van der Waals surface area contributed by atoms with E-state index >= 15 is 0 Å². The molecule has 0 saturated heterocycles. The van der Waals surface area contributed by atoms with Gasteiger partial charge in [-0.15, -0.1) is 0 Å². The van der Waals surface area contributed by atoms with Crippen LogP contribution in [0.25, 0.3) is 0 Å². The van der Waals surface area contributed by atoms with Crippen LogP contribution in [0.4, 0.5) is 0 Å². The van der Waals surface area contributed by atoms with E-state index in [1.165, 1.54) is 12.8 Å². The van der Waals surface area contributed by atoms with Crippen molar-refractivity contribution in [3.05, 3.63) is 0 Å². The predicted octanol–water partition coefficient (Wildman–Crippen LogP) is 2.30. The van der Waals surface area contributed by atoms with Crippen LogP contribution in [-0.2, 0) is 0 Å². The Labute approximate surface area is 51.3 Å². The van der Waals surface area contributed by atoms with Crippen molar-refractivity contribution in [1.29, 1.82) is 0 Å². The first-order chi connectivity index (χ1) is 3.80. The Kier molecular flexibility index (Phi) is 0.778. The summed E-state index contributed by atoms with van der Waals surface area (Å²) in [6, 6.07) is 0. The second-order valence-electron chi connectivity index (χ2n) is 3.65. The quantitative estimate of drug-likeness (QED) is 0.449. The zero-order valence-corrected chi connectivity index (χ0v) is 5.72. The van der Waals surface area contributed by atoms with Crippen LogP contribution in [0.3, 0.4) is 0 Å². The molecule has 46 valence electrons. The number of hydrogen-bond acceptors (Lipinski definition) is 0. The van der Waals surface area contributed by atoms with E-state index in [0.29, 0.717) is 0 Å². The third-order valence-electron chi connectivity index (χ3n) is 3.25. The topological polar surface area (TPSA) is 0 Å². The zero-order chi connectivity index (χ0) is 5.72. The second kappa shape index (κ2) is 1.29. The van der Waals surface area contributed by atoms with E-state index in [0.717, 1.165) is 23.7 Å². The SMILES string of the molecule is CC1CCC2C(C)C12. The molecule has 0 aromatic rings. The van der Waals surface area contributed by atoms with Gasteiger partial charge in [0.2, 0.25) is 0 Å². The van der Waals surface area contributed by atoms with Gasteiger partial charge in [0.15, 0.2) is 0 Å². The maximum Gasteiger partial charge on any atom is -0.0329 e. The average Bonchev–Trinajstić information content (AvgIpc) is 2.13. The summed E-state index contributed by atoms with van der Waals surface area (Å²) >= 11 is 0. The van der Waals surface area contributed by atoms with Gasteiger partial charge >= 0.3 is 0 Å². The normalized spacial score (nSPS) is 60.8. The minimum absolute atomic E-state index is 1.06. The molecule has 0 radical (unpaired) electrons. The van der Waals surface area contributed by atoms with Crippen molar-refractivity contribution in [2.45, 2.75) is 26.7 Å². The number of fused-ring (bicyclic) bond motifs is 1. The van der Waals surface area contributed by atoms with Crippen LogP contribution in [0.2, 0.25) is 0 Å². The van der Waals surface area contributed by atoms with E-state index in [-0.39, 0.29) is 0 Å². The molecule has 0 aliphatic heterocycles. The van der Waals surface area contributed by atoms with Crippen LogP contribution >= 0.6 is 0 Å². The van der Waals surface area contributed by atoms with E-state index < -0.39 is 0 Å². The fourth-order valence-corrected chi connectivity index (χ4v) is 2.62. The fourth-order valence-electron chi connectivity index (χ4n) is 2.62. The Morgan fingerprint density at radius 2 is 1.88 bits per heavy atom. The third kappa shape index (κ3) is 0.416. The largest absolute Gasteiger partial charge is 0.0622 e. The van der Waals surface area contributed by atoms with E-state index in [1.54, 1.807) is 0 Å². The van der Waals surface area contributed by atoms with Gasteiger partial charge < -0.3 is 0 Å². The van der Waals surface area contributed by atoms with Gasteiger partial charge in [0.1, 0.15) is 0 Å². The average molecular weight is 110 g/mol. The second-order valence-corrected chi connectivity index (χ2v) is 3.65. The summed E-state index contributed by atoms with van der Waals surface area (Å²) in [4.78, 5) is 0. The maximum absolute atomic E-state index is 2.41. The van der Waals surface area contributed by atoms with Gasteiger partial charge in [-0.2, -0.15) is 0 Å². The van der Waals surface area contributed by atoms with Crippen LogP contribution in [0.15, 0.2) is 0 Å². The number of hydrogen-bond donors (Lipinski definition) is 0. The molecular weight excluding hydrogens is 96.1 g/mol. The molecular formula is C8H14. The molecule has 2 rings (SSSR count). The predicted molar refractivity (Wildman–Crippen MR) is 34.5 cm³/mol. The van der Waals surface area contributed by atoms with Gasteiger partial charge in [0.05, 0.1) is 0 Å². The van der Waals surface area contributed by atoms with Crippen molar-refractivity contribution in [3.8, 4) is 0 Å². The Morgan fingerprint density at radius 1 is 1.12 bits per heavy atom. The van der Waals surface area contributed by atoms with Crippen LogP contribution in [0, 0.1) is 23.7 Å². The third-order valence-corrected chi connectivity index (χ3v) is 3.25. The van der Waals surface area contributed by atoms with E-state index in [1.807, 2.05) is 0 Å². The Morgan fingerprint density at radius 3 is 2.12 bits per heavy atom. The van der Waals surface area contributed by atoms with Gasteiger partial charge in [-0.3, -0.25) is 0 Å². The minimum Gasteiger partial charge on any atom is -0.0622 e. The fraction of sp³-hybridized carbons (Fsp3) is 1.00. The monoisotopic (exact) mass is 110 g/mol. The van der Waals surface area contributed by atoms with Crippen molar-refractivity contribution in [1.82, 2.24) is 0 Å². The van der Waals surface area contributed by atoms with Crippen LogP contribution < -0.4 is 0 Å². The minimum atomic E-state index is 1.06. The molecule has 2 aliphatic rings. The lowest BCUT2D eigenvalue weighted by molar-refractivity contribution is 0.483. The maximum atomic E-state index is 2.41. The molecule has 0 heterocycles. The van der Waals surface area contributed by atoms with Gasteiger partial charge in [0.25, 0.3) is 0 Å².